The van der Waals surface area contributed by atoms with Crippen molar-refractivity contribution in [2.75, 3.05) is 0 Å². The maximum Gasteiger partial charge on any atom is 0.418 e. The van der Waals surface area contributed by atoms with Crippen molar-refractivity contribution in [2.45, 2.75) is 6.18 Å². The third kappa shape index (κ3) is 1.28. The molecule has 0 amide bonds. The van der Waals surface area contributed by atoms with Gasteiger partial charge in [-0.25, -0.2) is 4.98 Å². The molecule has 0 saturated carbocycles. The third-order valence-electron chi connectivity index (χ3n) is 1.81. The van der Waals surface area contributed by atoms with Gasteiger partial charge in [0.2, 0.25) is 0 Å². The van der Waals surface area contributed by atoms with Crippen LogP contribution in [0.3, 0.4) is 0 Å². The van der Waals surface area contributed by atoms with E-state index in [1.54, 1.807) is 0 Å². The standard InChI is InChI=1S/C8H5F3N2O/c9-8(10,11)5-1-4(14)2-6-7(5)13-3-12-6/h1-3,14H,(H,12,13). The van der Waals surface area contributed by atoms with Gasteiger partial charge in [-0.05, 0) is 6.07 Å². The number of alkyl halides is 3. The van der Waals surface area contributed by atoms with Gasteiger partial charge in [0, 0.05) is 6.07 Å². The summed E-state index contributed by atoms with van der Waals surface area (Å²) in [5.41, 5.74) is -0.957. The van der Waals surface area contributed by atoms with Crippen molar-refractivity contribution in [1.82, 2.24) is 9.97 Å². The molecule has 0 aliphatic rings. The fourth-order valence-electron chi connectivity index (χ4n) is 1.25. The summed E-state index contributed by atoms with van der Waals surface area (Å²) in [7, 11) is 0. The summed E-state index contributed by atoms with van der Waals surface area (Å²) in [4.78, 5) is 6.04. The molecule has 2 N–H and O–H groups in total. The summed E-state index contributed by atoms with van der Waals surface area (Å²) in [5, 5.41) is 9.04. The first-order valence-corrected chi connectivity index (χ1v) is 3.72. The number of phenolic OH excluding ortho intramolecular Hbond substituents is 1. The van der Waals surface area contributed by atoms with Crippen LogP contribution in [0, 0.1) is 0 Å². The number of nitrogens with zero attached hydrogens (tertiary/aromatic N) is 1. The topological polar surface area (TPSA) is 48.9 Å². The fourth-order valence-corrected chi connectivity index (χ4v) is 1.25. The minimum absolute atomic E-state index is 0.164. The molecule has 0 aliphatic carbocycles. The molecule has 1 heterocycles. The van der Waals surface area contributed by atoms with Gasteiger partial charge in [0.1, 0.15) is 11.3 Å². The van der Waals surface area contributed by atoms with Gasteiger partial charge in [0.25, 0.3) is 0 Å². The molecule has 2 aromatic rings. The van der Waals surface area contributed by atoms with E-state index in [0.717, 1.165) is 6.33 Å². The Morgan fingerprint density at radius 3 is 2.64 bits per heavy atom. The molecule has 14 heavy (non-hydrogen) atoms. The van der Waals surface area contributed by atoms with Crippen LogP contribution in [0.5, 0.6) is 5.75 Å². The van der Waals surface area contributed by atoms with E-state index in [9.17, 15) is 13.2 Å². The summed E-state index contributed by atoms with van der Waals surface area (Å²) in [6, 6.07) is 1.85. The predicted molar refractivity (Wildman–Crippen MR) is 42.8 cm³/mol. The van der Waals surface area contributed by atoms with Crippen molar-refractivity contribution in [3.05, 3.63) is 24.0 Å². The van der Waals surface area contributed by atoms with Crippen molar-refractivity contribution >= 4 is 11.0 Å². The summed E-state index contributed by atoms with van der Waals surface area (Å²) in [5.74, 6) is -0.436. The van der Waals surface area contributed by atoms with Crippen molar-refractivity contribution in [3.8, 4) is 5.75 Å². The number of benzene rings is 1. The van der Waals surface area contributed by atoms with Gasteiger partial charge in [0.15, 0.2) is 0 Å². The highest BCUT2D eigenvalue weighted by Gasteiger charge is 2.34. The van der Waals surface area contributed by atoms with E-state index in [1.807, 2.05) is 0 Å². The number of aromatic amines is 1. The van der Waals surface area contributed by atoms with E-state index in [0.29, 0.717) is 6.07 Å². The number of nitrogens with one attached hydrogen (secondary N) is 1. The van der Waals surface area contributed by atoms with Crippen LogP contribution in [0.15, 0.2) is 18.5 Å². The zero-order chi connectivity index (χ0) is 10.3. The average Bonchev–Trinajstić information content (AvgIpc) is 2.47. The number of H-pyrrole nitrogens is 1. The van der Waals surface area contributed by atoms with Crippen molar-refractivity contribution in [1.29, 1.82) is 0 Å². The molecule has 0 bridgehead atoms. The summed E-state index contributed by atoms with van der Waals surface area (Å²) in [6.07, 6.45) is -3.36. The minimum Gasteiger partial charge on any atom is -0.508 e. The molecule has 0 radical (unpaired) electrons. The lowest BCUT2D eigenvalue weighted by Gasteiger charge is -2.07. The zero-order valence-electron chi connectivity index (χ0n) is 6.76. The van der Waals surface area contributed by atoms with Crippen molar-refractivity contribution < 1.29 is 18.3 Å². The predicted octanol–water partition coefficient (Wildman–Crippen LogP) is 2.29. The van der Waals surface area contributed by atoms with Crippen LogP contribution in [-0.2, 0) is 6.18 Å². The number of hydrogen-bond donors (Lipinski definition) is 2. The first kappa shape index (κ1) is 8.86. The molecular weight excluding hydrogens is 197 g/mol. The highest BCUT2D eigenvalue weighted by Crippen LogP contribution is 2.35. The first-order valence-electron chi connectivity index (χ1n) is 3.72. The van der Waals surface area contributed by atoms with Crippen LogP contribution in [0.2, 0.25) is 0 Å². The summed E-state index contributed by atoms with van der Waals surface area (Å²) in [6.45, 7) is 0. The van der Waals surface area contributed by atoms with Crippen molar-refractivity contribution in [2.24, 2.45) is 0 Å². The molecule has 3 nitrogen and oxygen atoms in total. The number of hydrogen-bond acceptors (Lipinski definition) is 2. The van der Waals surface area contributed by atoms with Gasteiger partial charge >= 0.3 is 6.18 Å². The van der Waals surface area contributed by atoms with Crippen LogP contribution in [0.1, 0.15) is 5.56 Å². The largest absolute Gasteiger partial charge is 0.508 e. The van der Waals surface area contributed by atoms with Gasteiger partial charge in [-0.3, -0.25) is 0 Å². The second-order valence-electron chi connectivity index (χ2n) is 2.79. The van der Waals surface area contributed by atoms with Crippen LogP contribution < -0.4 is 0 Å². The maximum absolute atomic E-state index is 12.4. The lowest BCUT2D eigenvalue weighted by atomic mass is 10.1. The third-order valence-corrected chi connectivity index (χ3v) is 1.81. The molecular formula is C8H5F3N2O. The molecule has 0 saturated heterocycles. The minimum atomic E-state index is -4.51. The lowest BCUT2D eigenvalue weighted by Crippen LogP contribution is -2.05. The van der Waals surface area contributed by atoms with Crippen molar-refractivity contribution in [3.63, 3.8) is 0 Å². The Bertz CT molecular complexity index is 475. The quantitative estimate of drug-likeness (QED) is 0.688. The second-order valence-corrected chi connectivity index (χ2v) is 2.79. The van der Waals surface area contributed by atoms with Crippen LogP contribution in [0.4, 0.5) is 13.2 Å². The summed E-state index contributed by atoms with van der Waals surface area (Å²) >= 11 is 0. The van der Waals surface area contributed by atoms with E-state index < -0.39 is 17.5 Å². The highest BCUT2D eigenvalue weighted by molar-refractivity contribution is 5.80. The van der Waals surface area contributed by atoms with E-state index >= 15 is 0 Å². The number of rotatable bonds is 0. The Kier molecular flexibility index (Phi) is 1.67. The molecule has 0 aliphatic heterocycles. The van der Waals surface area contributed by atoms with Crippen LogP contribution in [0.25, 0.3) is 11.0 Å². The first-order chi connectivity index (χ1) is 6.48. The number of fused-ring (bicyclic) bond motifs is 1. The molecule has 0 unspecified atom stereocenters. The number of imidazole rings is 1. The zero-order valence-corrected chi connectivity index (χ0v) is 6.76. The molecule has 1 aromatic carbocycles. The smallest absolute Gasteiger partial charge is 0.418 e. The molecule has 74 valence electrons. The van der Waals surface area contributed by atoms with Gasteiger partial charge in [-0.2, -0.15) is 13.2 Å². The Balaban J connectivity index is 2.80. The van der Waals surface area contributed by atoms with E-state index in [2.05, 4.69) is 9.97 Å². The molecule has 0 fully saturated rings. The molecule has 0 atom stereocenters. The Morgan fingerprint density at radius 1 is 1.29 bits per heavy atom. The van der Waals surface area contributed by atoms with E-state index in [4.69, 9.17) is 5.11 Å². The molecule has 1 aromatic heterocycles. The van der Waals surface area contributed by atoms with Gasteiger partial charge in [-0.15, -0.1) is 0 Å². The van der Waals surface area contributed by atoms with Gasteiger partial charge in [0.05, 0.1) is 17.4 Å². The maximum atomic E-state index is 12.4. The molecule has 0 spiro atoms. The Labute approximate surface area is 76.2 Å². The SMILES string of the molecule is Oc1cc(C(F)(F)F)c2nc[nH]c2c1. The fraction of sp³-hybridized carbons (Fsp3) is 0.125. The van der Waals surface area contributed by atoms with E-state index in [1.165, 1.54) is 6.07 Å². The lowest BCUT2D eigenvalue weighted by molar-refractivity contribution is -0.136. The number of aromatic nitrogens is 2. The Hall–Kier alpha value is -1.72. The molecule has 6 heteroatoms. The Morgan fingerprint density at radius 2 is 2.00 bits per heavy atom. The molecule has 2 rings (SSSR count). The van der Waals surface area contributed by atoms with Gasteiger partial charge in [-0.1, -0.05) is 0 Å². The number of halogens is 3. The monoisotopic (exact) mass is 202 g/mol. The van der Waals surface area contributed by atoms with Crippen LogP contribution in [-0.4, -0.2) is 15.1 Å². The average molecular weight is 202 g/mol. The van der Waals surface area contributed by atoms with E-state index in [-0.39, 0.29) is 11.0 Å². The normalized spacial score (nSPS) is 12.2. The number of aromatic hydroxyl groups is 1. The second kappa shape index (κ2) is 2.63. The number of phenols is 1. The summed E-state index contributed by atoms with van der Waals surface area (Å²) < 4.78 is 37.2. The highest BCUT2D eigenvalue weighted by atomic mass is 19.4. The van der Waals surface area contributed by atoms with Crippen LogP contribution >= 0.6 is 0 Å². The van der Waals surface area contributed by atoms with Gasteiger partial charge < -0.3 is 10.1 Å².